The van der Waals surface area contributed by atoms with Gasteiger partial charge in [-0.1, -0.05) is 29.8 Å². The van der Waals surface area contributed by atoms with Crippen LogP contribution in [-0.4, -0.2) is 0 Å². The summed E-state index contributed by atoms with van der Waals surface area (Å²) in [7, 11) is 0. The number of benzene rings is 1. The van der Waals surface area contributed by atoms with Gasteiger partial charge in [0.15, 0.2) is 10.4 Å². The Hall–Kier alpha value is -1.53. The molecule has 0 aliphatic carbocycles. The lowest BCUT2D eigenvalue weighted by Gasteiger charge is -1.98. The fourth-order valence-corrected chi connectivity index (χ4v) is 1.75. The van der Waals surface area contributed by atoms with Crippen molar-refractivity contribution in [2.24, 2.45) is 0 Å². The highest BCUT2D eigenvalue weighted by Gasteiger charge is 2.10. The average molecular weight is 262 g/mol. The molecular weight excluding hydrogens is 254 g/mol. The van der Waals surface area contributed by atoms with E-state index in [1.807, 2.05) is 31.2 Å². The molecule has 0 spiro atoms. The number of nitrogens with zero attached hydrogens (tertiary/aromatic N) is 1. The van der Waals surface area contributed by atoms with Crippen LogP contribution in [0.4, 0.5) is 0 Å². The molecule has 0 radical (unpaired) electrons. The molecule has 1 aromatic carbocycles. The van der Waals surface area contributed by atoms with E-state index in [2.05, 4.69) is 22.0 Å². The summed E-state index contributed by atoms with van der Waals surface area (Å²) in [6.07, 6.45) is 0. The minimum absolute atomic E-state index is 0.547. The van der Waals surface area contributed by atoms with Crippen molar-refractivity contribution < 1.29 is 4.42 Å². The van der Waals surface area contributed by atoms with E-state index in [9.17, 15) is 0 Å². The summed E-state index contributed by atoms with van der Waals surface area (Å²) in [5.41, 5.74) is 2.65. The summed E-state index contributed by atoms with van der Waals surface area (Å²) < 4.78 is 6.00. The highest BCUT2D eigenvalue weighted by molar-refractivity contribution is 9.10. The second kappa shape index (κ2) is 3.92. The second-order valence-electron chi connectivity index (χ2n) is 3.27. The minimum atomic E-state index is 0.547. The monoisotopic (exact) mass is 261 g/mol. The summed E-state index contributed by atoms with van der Waals surface area (Å²) in [5.74, 6) is 0.615. The Morgan fingerprint density at radius 3 is 2.53 bits per heavy atom. The van der Waals surface area contributed by atoms with Gasteiger partial charge < -0.3 is 4.42 Å². The van der Waals surface area contributed by atoms with Gasteiger partial charge in [0.25, 0.3) is 0 Å². The number of halogens is 1. The van der Waals surface area contributed by atoms with Crippen molar-refractivity contribution in [2.45, 2.75) is 6.92 Å². The van der Waals surface area contributed by atoms with E-state index in [4.69, 9.17) is 9.68 Å². The summed E-state index contributed by atoms with van der Waals surface area (Å²) in [4.78, 5) is 0. The fourth-order valence-electron chi connectivity index (χ4n) is 1.36. The lowest BCUT2D eigenvalue weighted by atomic mass is 10.1. The molecule has 0 unspecified atom stereocenters. The zero-order chi connectivity index (χ0) is 10.8. The topological polar surface area (TPSA) is 36.9 Å². The Balaban J connectivity index is 2.54. The predicted molar refractivity (Wildman–Crippen MR) is 61.3 cm³/mol. The van der Waals surface area contributed by atoms with Crippen molar-refractivity contribution in [1.29, 1.82) is 5.26 Å². The number of hydrogen-bond acceptors (Lipinski definition) is 2. The van der Waals surface area contributed by atoms with Crippen LogP contribution in [-0.2, 0) is 0 Å². The van der Waals surface area contributed by atoms with Gasteiger partial charge in [-0.3, -0.25) is 0 Å². The molecule has 0 saturated heterocycles. The van der Waals surface area contributed by atoms with E-state index in [0.29, 0.717) is 16.0 Å². The van der Waals surface area contributed by atoms with E-state index >= 15 is 0 Å². The molecule has 74 valence electrons. The fraction of sp³-hybridized carbons (Fsp3) is 0.0833. The minimum Gasteiger partial charge on any atom is -0.448 e. The number of nitriles is 1. The number of furan rings is 1. The Labute approximate surface area is 96.3 Å². The maximum Gasteiger partial charge on any atom is 0.171 e. The van der Waals surface area contributed by atoms with E-state index < -0.39 is 0 Å². The van der Waals surface area contributed by atoms with Gasteiger partial charge in [0.05, 0.1) is 5.56 Å². The van der Waals surface area contributed by atoms with Gasteiger partial charge in [-0.15, -0.1) is 0 Å². The molecule has 2 aromatic rings. The van der Waals surface area contributed by atoms with Crippen molar-refractivity contribution in [3.8, 4) is 17.4 Å². The van der Waals surface area contributed by atoms with Crippen LogP contribution in [0.15, 0.2) is 39.4 Å². The Morgan fingerprint density at radius 1 is 1.27 bits per heavy atom. The highest BCUT2D eigenvalue weighted by Crippen LogP contribution is 2.29. The molecule has 0 bridgehead atoms. The SMILES string of the molecule is Cc1ccc(-c2oc(Br)cc2C#N)cc1. The zero-order valence-corrected chi connectivity index (χ0v) is 9.71. The van der Waals surface area contributed by atoms with Gasteiger partial charge >= 0.3 is 0 Å². The molecule has 2 nitrogen and oxygen atoms in total. The first-order valence-corrected chi connectivity index (χ1v) is 5.26. The highest BCUT2D eigenvalue weighted by atomic mass is 79.9. The van der Waals surface area contributed by atoms with Crippen molar-refractivity contribution in [3.05, 3.63) is 46.1 Å². The van der Waals surface area contributed by atoms with Gasteiger partial charge in [-0.05, 0) is 22.9 Å². The molecule has 0 saturated carbocycles. The Morgan fingerprint density at radius 2 is 1.93 bits per heavy atom. The normalized spacial score (nSPS) is 9.93. The van der Waals surface area contributed by atoms with Crippen LogP contribution in [0.1, 0.15) is 11.1 Å². The number of aryl methyl sites for hydroxylation is 1. The molecule has 0 atom stereocenters. The summed E-state index contributed by atoms with van der Waals surface area (Å²) in [6.45, 7) is 2.02. The molecule has 1 aromatic heterocycles. The van der Waals surface area contributed by atoms with Crippen LogP contribution in [0.2, 0.25) is 0 Å². The Bertz CT molecular complexity index is 520. The average Bonchev–Trinajstić information content (AvgIpc) is 2.61. The zero-order valence-electron chi connectivity index (χ0n) is 8.12. The van der Waals surface area contributed by atoms with Crippen molar-refractivity contribution in [1.82, 2.24) is 0 Å². The van der Waals surface area contributed by atoms with E-state index in [1.54, 1.807) is 6.07 Å². The second-order valence-corrected chi connectivity index (χ2v) is 4.05. The van der Waals surface area contributed by atoms with E-state index in [0.717, 1.165) is 5.56 Å². The van der Waals surface area contributed by atoms with Crippen molar-refractivity contribution in [2.75, 3.05) is 0 Å². The molecule has 0 aliphatic rings. The van der Waals surface area contributed by atoms with Crippen LogP contribution in [0.25, 0.3) is 11.3 Å². The summed E-state index contributed by atoms with van der Waals surface area (Å²) >= 11 is 3.22. The smallest absolute Gasteiger partial charge is 0.171 e. The van der Waals surface area contributed by atoms with Crippen LogP contribution in [0.3, 0.4) is 0 Å². The first-order chi connectivity index (χ1) is 7.20. The quantitative estimate of drug-likeness (QED) is 0.781. The molecule has 0 amide bonds. The summed E-state index contributed by atoms with van der Waals surface area (Å²) in [6, 6.07) is 11.7. The molecule has 1 heterocycles. The maximum absolute atomic E-state index is 8.92. The number of rotatable bonds is 1. The lowest BCUT2D eigenvalue weighted by Crippen LogP contribution is -1.78. The van der Waals surface area contributed by atoms with Crippen LogP contribution in [0, 0.1) is 18.3 Å². The maximum atomic E-state index is 8.92. The molecule has 3 heteroatoms. The molecule has 2 rings (SSSR count). The largest absolute Gasteiger partial charge is 0.448 e. The molecule has 0 aliphatic heterocycles. The van der Waals surface area contributed by atoms with Gasteiger partial charge in [-0.2, -0.15) is 5.26 Å². The van der Waals surface area contributed by atoms with Gasteiger partial charge in [0, 0.05) is 11.6 Å². The molecule has 15 heavy (non-hydrogen) atoms. The standard InChI is InChI=1S/C12H8BrNO/c1-8-2-4-9(5-3-8)12-10(7-14)6-11(13)15-12/h2-6H,1H3. The third kappa shape index (κ3) is 1.95. The molecule has 0 N–H and O–H groups in total. The van der Waals surface area contributed by atoms with Crippen LogP contribution >= 0.6 is 15.9 Å². The van der Waals surface area contributed by atoms with Crippen LogP contribution in [0.5, 0.6) is 0 Å². The van der Waals surface area contributed by atoms with Gasteiger partial charge in [0.2, 0.25) is 0 Å². The third-order valence-electron chi connectivity index (χ3n) is 2.14. The predicted octanol–water partition coefficient (Wildman–Crippen LogP) is 3.89. The van der Waals surface area contributed by atoms with E-state index in [-0.39, 0.29) is 0 Å². The molecular formula is C12H8BrNO. The number of hydrogen-bond donors (Lipinski definition) is 0. The molecule has 0 fully saturated rings. The lowest BCUT2D eigenvalue weighted by molar-refractivity contribution is 0.555. The van der Waals surface area contributed by atoms with Crippen LogP contribution < -0.4 is 0 Å². The summed E-state index contributed by atoms with van der Waals surface area (Å²) in [5, 5.41) is 8.92. The first kappa shape index (κ1) is 10.0. The first-order valence-electron chi connectivity index (χ1n) is 4.47. The van der Waals surface area contributed by atoms with Gasteiger partial charge in [-0.25, -0.2) is 0 Å². The Kier molecular flexibility index (Phi) is 2.61. The van der Waals surface area contributed by atoms with Gasteiger partial charge in [0.1, 0.15) is 6.07 Å². The third-order valence-corrected chi connectivity index (χ3v) is 2.53. The van der Waals surface area contributed by atoms with Crippen molar-refractivity contribution in [3.63, 3.8) is 0 Å². The van der Waals surface area contributed by atoms with E-state index in [1.165, 1.54) is 5.56 Å². The van der Waals surface area contributed by atoms with Crippen molar-refractivity contribution >= 4 is 15.9 Å².